The van der Waals surface area contributed by atoms with Gasteiger partial charge < -0.3 is 10.1 Å². The highest BCUT2D eigenvalue weighted by Gasteiger charge is 2.21. The Morgan fingerprint density at radius 1 is 1.29 bits per heavy atom. The molecule has 1 N–H and O–H groups in total. The Morgan fingerprint density at radius 3 is 2.86 bits per heavy atom. The SMILES string of the molecule is Fc1ccc(Br)c(Oc2ncc(Br)cc2CNC2CC2)c1. The average Bonchev–Trinajstić information content (AvgIpc) is 3.27. The first kappa shape index (κ1) is 14.9. The summed E-state index contributed by atoms with van der Waals surface area (Å²) < 4.78 is 20.7. The van der Waals surface area contributed by atoms with Crippen LogP contribution in [0.4, 0.5) is 4.39 Å². The summed E-state index contributed by atoms with van der Waals surface area (Å²) in [4.78, 5) is 4.29. The summed E-state index contributed by atoms with van der Waals surface area (Å²) in [5.74, 6) is 0.554. The molecule has 110 valence electrons. The lowest BCUT2D eigenvalue weighted by atomic mass is 10.2. The number of hydrogen-bond acceptors (Lipinski definition) is 3. The van der Waals surface area contributed by atoms with Gasteiger partial charge in [-0.1, -0.05) is 0 Å². The summed E-state index contributed by atoms with van der Waals surface area (Å²) >= 11 is 6.77. The first-order valence-electron chi connectivity index (χ1n) is 6.62. The van der Waals surface area contributed by atoms with Crippen molar-refractivity contribution in [3.63, 3.8) is 0 Å². The summed E-state index contributed by atoms with van der Waals surface area (Å²) in [5, 5.41) is 3.43. The van der Waals surface area contributed by atoms with E-state index < -0.39 is 0 Å². The molecule has 2 aromatic rings. The smallest absolute Gasteiger partial charge is 0.223 e. The molecule has 1 aromatic heterocycles. The lowest BCUT2D eigenvalue weighted by Crippen LogP contribution is -2.16. The predicted molar refractivity (Wildman–Crippen MR) is 86.0 cm³/mol. The van der Waals surface area contributed by atoms with Gasteiger partial charge in [0, 0.05) is 34.9 Å². The number of hydrogen-bond donors (Lipinski definition) is 1. The fourth-order valence-electron chi connectivity index (χ4n) is 1.89. The number of aromatic nitrogens is 1. The second kappa shape index (κ2) is 6.42. The molecule has 0 spiro atoms. The molecular weight excluding hydrogens is 403 g/mol. The molecule has 0 radical (unpaired) electrons. The first-order valence-corrected chi connectivity index (χ1v) is 8.21. The van der Waals surface area contributed by atoms with E-state index in [0.29, 0.717) is 28.7 Å². The van der Waals surface area contributed by atoms with Gasteiger partial charge >= 0.3 is 0 Å². The molecule has 21 heavy (non-hydrogen) atoms. The Kier molecular flexibility index (Phi) is 4.57. The lowest BCUT2D eigenvalue weighted by molar-refractivity contribution is 0.445. The van der Waals surface area contributed by atoms with E-state index in [1.165, 1.54) is 25.0 Å². The largest absolute Gasteiger partial charge is 0.437 e. The van der Waals surface area contributed by atoms with E-state index in [-0.39, 0.29) is 5.82 Å². The second-order valence-corrected chi connectivity index (χ2v) is 6.72. The van der Waals surface area contributed by atoms with Gasteiger partial charge in [-0.3, -0.25) is 0 Å². The number of rotatable bonds is 5. The maximum atomic E-state index is 13.3. The number of nitrogens with zero attached hydrogens (tertiary/aromatic N) is 1. The van der Waals surface area contributed by atoms with Crippen molar-refractivity contribution >= 4 is 31.9 Å². The first-order chi connectivity index (χ1) is 10.1. The highest BCUT2D eigenvalue weighted by molar-refractivity contribution is 9.10. The van der Waals surface area contributed by atoms with E-state index >= 15 is 0 Å². The average molecular weight is 416 g/mol. The Hall–Kier alpha value is -0.980. The van der Waals surface area contributed by atoms with E-state index in [0.717, 1.165) is 10.0 Å². The van der Waals surface area contributed by atoms with Gasteiger partial charge in [-0.05, 0) is 62.9 Å². The van der Waals surface area contributed by atoms with Crippen LogP contribution in [0.15, 0.2) is 39.4 Å². The molecule has 1 aliphatic rings. The van der Waals surface area contributed by atoms with E-state index in [1.807, 2.05) is 6.07 Å². The van der Waals surface area contributed by atoms with E-state index in [4.69, 9.17) is 4.74 Å². The van der Waals surface area contributed by atoms with Crippen molar-refractivity contribution in [2.75, 3.05) is 0 Å². The molecule has 1 saturated carbocycles. The number of pyridine rings is 1. The second-order valence-electron chi connectivity index (χ2n) is 4.95. The third-order valence-corrected chi connectivity index (χ3v) is 4.24. The zero-order valence-electron chi connectivity index (χ0n) is 11.1. The van der Waals surface area contributed by atoms with Crippen LogP contribution in [-0.2, 0) is 6.54 Å². The van der Waals surface area contributed by atoms with Crippen molar-refractivity contribution in [2.45, 2.75) is 25.4 Å². The monoisotopic (exact) mass is 414 g/mol. The van der Waals surface area contributed by atoms with Gasteiger partial charge in [0.15, 0.2) is 0 Å². The van der Waals surface area contributed by atoms with Gasteiger partial charge in [-0.2, -0.15) is 0 Å². The Labute approximate surface area is 139 Å². The minimum Gasteiger partial charge on any atom is -0.437 e. The fraction of sp³-hybridized carbons (Fsp3) is 0.267. The third-order valence-electron chi connectivity index (χ3n) is 3.15. The molecule has 0 amide bonds. The molecule has 3 nitrogen and oxygen atoms in total. The highest BCUT2D eigenvalue weighted by atomic mass is 79.9. The molecule has 0 atom stereocenters. The summed E-state index contributed by atoms with van der Waals surface area (Å²) in [7, 11) is 0. The predicted octanol–water partition coefficient (Wildman–Crippen LogP) is 4.79. The highest BCUT2D eigenvalue weighted by Crippen LogP contribution is 2.32. The normalized spacial score (nSPS) is 14.2. The van der Waals surface area contributed by atoms with Crippen molar-refractivity contribution in [2.24, 2.45) is 0 Å². The zero-order valence-corrected chi connectivity index (χ0v) is 14.2. The maximum Gasteiger partial charge on any atom is 0.223 e. The minimum absolute atomic E-state index is 0.344. The van der Waals surface area contributed by atoms with Gasteiger partial charge in [0.1, 0.15) is 11.6 Å². The van der Waals surface area contributed by atoms with Crippen LogP contribution in [0.1, 0.15) is 18.4 Å². The Bertz CT molecular complexity index is 662. The number of ether oxygens (including phenoxy) is 1. The van der Waals surface area contributed by atoms with Gasteiger partial charge in [0.25, 0.3) is 0 Å². The summed E-state index contributed by atoms with van der Waals surface area (Å²) in [5.41, 5.74) is 0.937. The van der Waals surface area contributed by atoms with Gasteiger partial charge in [0.2, 0.25) is 5.88 Å². The molecule has 1 heterocycles. The molecule has 0 aliphatic heterocycles. The van der Waals surface area contributed by atoms with Crippen LogP contribution in [0.3, 0.4) is 0 Å². The van der Waals surface area contributed by atoms with Crippen molar-refractivity contribution in [3.05, 3.63) is 50.8 Å². The number of nitrogens with one attached hydrogen (secondary N) is 1. The minimum atomic E-state index is -0.344. The third kappa shape index (κ3) is 4.02. The van der Waals surface area contributed by atoms with Gasteiger partial charge in [0.05, 0.1) is 4.47 Å². The van der Waals surface area contributed by atoms with E-state index in [2.05, 4.69) is 42.2 Å². The summed E-state index contributed by atoms with van der Waals surface area (Å²) in [6.07, 6.45) is 4.10. The molecule has 0 unspecified atom stereocenters. The van der Waals surface area contributed by atoms with Crippen LogP contribution in [-0.4, -0.2) is 11.0 Å². The van der Waals surface area contributed by atoms with Crippen LogP contribution in [0.2, 0.25) is 0 Å². The van der Waals surface area contributed by atoms with Crippen LogP contribution in [0, 0.1) is 5.82 Å². The van der Waals surface area contributed by atoms with Crippen LogP contribution in [0.25, 0.3) is 0 Å². The van der Waals surface area contributed by atoms with Crippen molar-refractivity contribution in [3.8, 4) is 11.6 Å². The molecule has 1 aliphatic carbocycles. The van der Waals surface area contributed by atoms with Crippen LogP contribution < -0.4 is 10.1 Å². The summed E-state index contributed by atoms with van der Waals surface area (Å²) in [6, 6.07) is 6.89. The van der Waals surface area contributed by atoms with Crippen LogP contribution in [0.5, 0.6) is 11.6 Å². The Balaban J connectivity index is 1.84. The van der Waals surface area contributed by atoms with Crippen molar-refractivity contribution in [1.82, 2.24) is 10.3 Å². The molecule has 3 rings (SSSR count). The molecule has 0 saturated heterocycles. The van der Waals surface area contributed by atoms with Crippen molar-refractivity contribution < 1.29 is 9.13 Å². The molecule has 1 fully saturated rings. The standard InChI is InChI=1S/C15H13Br2FN2O/c16-10-5-9(7-19-12-2-3-12)15(20-8-10)21-14-6-11(18)1-4-13(14)17/h1,4-6,8,12,19H,2-3,7H2. The van der Waals surface area contributed by atoms with E-state index in [9.17, 15) is 4.39 Å². The Morgan fingerprint density at radius 2 is 2.10 bits per heavy atom. The lowest BCUT2D eigenvalue weighted by Gasteiger charge is -2.12. The summed E-state index contributed by atoms with van der Waals surface area (Å²) in [6.45, 7) is 0.680. The van der Waals surface area contributed by atoms with E-state index in [1.54, 1.807) is 12.3 Å². The quantitative estimate of drug-likeness (QED) is 0.762. The number of benzene rings is 1. The molecule has 0 bridgehead atoms. The zero-order chi connectivity index (χ0) is 14.8. The van der Waals surface area contributed by atoms with Gasteiger partial charge in [-0.15, -0.1) is 0 Å². The number of halogens is 3. The van der Waals surface area contributed by atoms with Crippen molar-refractivity contribution in [1.29, 1.82) is 0 Å². The molecule has 6 heteroatoms. The van der Waals surface area contributed by atoms with Crippen LogP contribution >= 0.6 is 31.9 Å². The maximum absolute atomic E-state index is 13.3. The molecule has 1 aromatic carbocycles. The topological polar surface area (TPSA) is 34.1 Å². The molecular formula is C15H13Br2FN2O. The fourth-order valence-corrected chi connectivity index (χ4v) is 2.59. The van der Waals surface area contributed by atoms with Gasteiger partial charge in [-0.25, -0.2) is 9.37 Å².